The standard InChI is InChI=1S/C35H46O19/c1-16-25(41)27(43)28(44)32(51-16)53-29-26(42)23(13-49-24(40)8-5-17-4-7-20(38)22(12-17)47-2)52-33(48-10-9-18-3-6-19(37)21(39)11-18)30(29)54-34-31(45)35(46,14-36)15-50-34/h3-8,11-12,16,23,25-34,36-39,41-46H,9-10,13-15H2,1-2H3/b8-5+/t16-,23+,25-,26+,27+,28+,29-,30+,31-,32-,33+,34-,35+/m0/s1. The van der Waals surface area contributed by atoms with Gasteiger partial charge in [0, 0.05) is 6.08 Å². The molecule has 0 spiro atoms. The van der Waals surface area contributed by atoms with Gasteiger partial charge in [-0.1, -0.05) is 12.1 Å². The summed E-state index contributed by atoms with van der Waals surface area (Å²) in [7, 11) is 1.36. The lowest BCUT2D eigenvalue weighted by Gasteiger charge is -2.47. The van der Waals surface area contributed by atoms with Gasteiger partial charge in [0.05, 0.1) is 33.0 Å². The molecule has 3 aliphatic heterocycles. The lowest BCUT2D eigenvalue weighted by Crippen LogP contribution is -2.65. The van der Waals surface area contributed by atoms with Gasteiger partial charge >= 0.3 is 5.97 Å². The van der Waals surface area contributed by atoms with Crippen LogP contribution in [0.4, 0.5) is 0 Å². The van der Waals surface area contributed by atoms with E-state index in [-0.39, 0.29) is 36.0 Å². The average Bonchev–Trinajstić information content (AvgIpc) is 3.44. The Labute approximate surface area is 308 Å². The van der Waals surface area contributed by atoms with E-state index >= 15 is 0 Å². The molecular formula is C35H46O19. The van der Waals surface area contributed by atoms with Crippen molar-refractivity contribution in [2.75, 3.05) is 33.5 Å². The predicted molar refractivity (Wildman–Crippen MR) is 179 cm³/mol. The third-order valence-electron chi connectivity index (χ3n) is 9.31. The highest BCUT2D eigenvalue weighted by atomic mass is 16.8. The average molecular weight is 771 g/mol. The highest BCUT2D eigenvalue weighted by molar-refractivity contribution is 5.87. The number of phenols is 3. The molecule has 2 aromatic carbocycles. The van der Waals surface area contributed by atoms with Gasteiger partial charge in [-0.3, -0.25) is 0 Å². The minimum absolute atomic E-state index is 0.109. The molecule has 0 unspecified atom stereocenters. The first kappa shape index (κ1) is 41.5. The number of esters is 1. The number of aliphatic hydroxyl groups excluding tert-OH is 6. The SMILES string of the molecule is COc1cc(/C=C/C(=O)OC[C@H]2O[C@@H](OCCc3ccc(O)c(O)c3)[C@H](O[C@@H]3OC[C@](O)(CO)[C@H]3O)[C@@H](O[C@@H]3O[C@@H](C)[C@H](O)[C@@H](O)[C@H]3O)[C@@H]2O)ccc1O. The van der Waals surface area contributed by atoms with Crippen molar-refractivity contribution in [1.82, 2.24) is 0 Å². The van der Waals surface area contributed by atoms with Gasteiger partial charge in [0.2, 0.25) is 0 Å². The molecule has 10 N–H and O–H groups in total. The van der Waals surface area contributed by atoms with Crippen LogP contribution in [0, 0.1) is 0 Å². The molecule has 2 aromatic rings. The molecule has 5 rings (SSSR count). The van der Waals surface area contributed by atoms with E-state index in [9.17, 15) is 55.9 Å². The lowest BCUT2D eigenvalue weighted by molar-refractivity contribution is -0.375. The Bertz CT molecular complexity index is 1590. The third-order valence-corrected chi connectivity index (χ3v) is 9.31. The van der Waals surface area contributed by atoms with Gasteiger partial charge in [0.1, 0.15) is 61.0 Å². The number of methoxy groups -OCH3 is 1. The highest BCUT2D eigenvalue weighted by Crippen LogP contribution is 2.35. The highest BCUT2D eigenvalue weighted by Gasteiger charge is 2.55. The van der Waals surface area contributed by atoms with Gasteiger partial charge in [-0.2, -0.15) is 0 Å². The van der Waals surface area contributed by atoms with Crippen molar-refractivity contribution in [3.63, 3.8) is 0 Å². The Hall–Kier alpha value is -3.67. The van der Waals surface area contributed by atoms with E-state index in [1.165, 1.54) is 56.5 Å². The van der Waals surface area contributed by atoms with Crippen molar-refractivity contribution in [1.29, 1.82) is 0 Å². The summed E-state index contributed by atoms with van der Waals surface area (Å²) in [5, 5.41) is 104. The summed E-state index contributed by atoms with van der Waals surface area (Å²) in [6, 6.07) is 8.45. The van der Waals surface area contributed by atoms with Gasteiger partial charge in [-0.05, 0) is 54.8 Å². The number of rotatable bonds is 14. The summed E-state index contributed by atoms with van der Waals surface area (Å²) >= 11 is 0. The maximum atomic E-state index is 12.8. The Kier molecular flexibility index (Phi) is 13.7. The third kappa shape index (κ3) is 9.40. The monoisotopic (exact) mass is 770 g/mol. The first-order valence-electron chi connectivity index (χ1n) is 17.0. The molecule has 13 atom stereocenters. The molecule has 0 saturated carbocycles. The molecule has 3 aliphatic rings. The van der Waals surface area contributed by atoms with E-state index in [0.29, 0.717) is 11.1 Å². The molecule has 54 heavy (non-hydrogen) atoms. The second kappa shape index (κ2) is 17.9. The van der Waals surface area contributed by atoms with Gasteiger partial charge in [-0.15, -0.1) is 0 Å². The molecule has 300 valence electrons. The fourth-order valence-corrected chi connectivity index (χ4v) is 6.00. The zero-order chi connectivity index (χ0) is 39.3. The molecular weight excluding hydrogens is 724 g/mol. The largest absolute Gasteiger partial charge is 0.504 e. The lowest BCUT2D eigenvalue weighted by atomic mass is 9.96. The quantitative estimate of drug-likeness (QED) is 0.0552. The van der Waals surface area contributed by atoms with E-state index in [1.807, 2.05) is 0 Å². The topological polar surface area (TPSA) is 293 Å². The molecule has 0 bridgehead atoms. The Balaban J connectivity index is 1.40. The number of hydrogen-bond acceptors (Lipinski definition) is 19. The summed E-state index contributed by atoms with van der Waals surface area (Å²) in [4.78, 5) is 12.8. The van der Waals surface area contributed by atoms with Crippen molar-refractivity contribution in [2.24, 2.45) is 0 Å². The predicted octanol–water partition coefficient (Wildman–Crippen LogP) is -2.25. The van der Waals surface area contributed by atoms with Crippen molar-refractivity contribution >= 4 is 12.0 Å². The Morgan fingerprint density at radius 2 is 1.59 bits per heavy atom. The zero-order valence-electron chi connectivity index (χ0n) is 29.2. The van der Waals surface area contributed by atoms with E-state index in [4.69, 9.17) is 37.9 Å². The summed E-state index contributed by atoms with van der Waals surface area (Å²) < 4.78 is 45.5. The van der Waals surface area contributed by atoms with Crippen LogP contribution in [0.5, 0.6) is 23.0 Å². The van der Waals surface area contributed by atoms with Crippen LogP contribution in [-0.2, 0) is 44.4 Å². The normalized spacial score (nSPS) is 35.6. The van der Waals surface area contributed by atoms with Crippen LogP contribution in [0.1, 0.15) is 18.1 Å². The molecule has 19 nitrogen and oxygen atoms in total. The van der Waals surface area contributed by atoms with Gasteiger partial charge in [0.15, 0.2) is 41.9 Å². The number of hydrogen-bond donors (Lipinski definition) is 10. The van der Waals surface area contributed by atoms with Gasteiger partial charge < -0.3 is 89.0 Å². The maximum absolute atomic E-state index is 12.8. The van der Waals surface area contributed by atoms with Crippen molar-refractivity contribution in [3.05, 3.63) is 53.6 Å². The van der Waals surface area contributed by atoms with E-state index < -0.39 is 105 Å². The molecule has 0 radical (unpaired) electrons. The summed E-state index contributed by atoms with van der Waals surface area (Å²) in [5.41, 5.74) is -1.12. The van der Waals surface area contributed by atoms with Crippen molar-refractivity contribution in [2.45, 2.75) is 92.8 Å². The second-order valence-corrected chi connectivity index (χ2v) is 13.1. The van der Waals surface area contributed by atoms with Crippen molar-refractivity contribution < 1.29 is 93.8 Å². The van der Waals surface area contributed by atoms with Crippen LogP contribution in [0.3, 0.4) is 0 Å². The number of carbonyl (C=O) groups excluding carboxylic acids is 1. The number of aromatic hydroxyl groups is 3. The fraction of sp³-hybridized carbons (Fsp3) is 0.571. The van der Waals surface area contributed by atoms with E-state index in [2.05, 4.69) is 0 Å². The summed E-state index contributed by atoms with van der Waals surface area (Å²) in [6.07, 6.45) is -16.8. The minimum atomic E-state index is -2.12. The van der Waals surface area contributed by atoms with E-state index in [0.717, 1.165) is 6.08 Å². The number of aliphatic hydroxyl groups is 7. The number of benzene rings is 2. The maximum Gasteiger partial charge on any atom is 0.330 e. The number of phenolic OH excluding ortho intramolecular Hbond substituents is 3. The van der Waals surface area contributed by atoms with E-state index in [1.54, 1.807) is 0 Å². The van der Waals surface area contributed by atoms with Crippen LogP contribution >= 0.6 is 0 Å². The second-order valence-electron chi connectivity index (χ2n) is 13.1. The smallest absolute Gasteiger partial charge is 0.330 e. The van der Waals surface area contributed by atoms with Crippen molar-refractivity contribution in [3.8, 4) is 23.0 Å². The molecule has 19 heteroatoms. The molecule has 3 saturated heterocycles. The molecule has 3 heterocycles. The summed E-state index contributed by atoms with van der Waals surface area (Å²) in [5.74, 6) is -1.54. The number of ether oxygens (including phenoxy) is 8. The molecule has 3 fully saturated rings. The molecule has 0 aromatic heterocycles. The van der Waals surface area contributed by atoms with Crippen LogP contribution in [0.15, 0.2) is 42.5 Å². The zero-order valence-corrected chi connectivity index (χ0v) is 29.2. The Morgan fingerprint density at radius 3 is 2.28 bits per heavy atom. The van der Waals surface area contributed by atoms with Crippen LogP contribution in [-0.4, -0.2) is 170 Å². The minimum Gasteiger partial charge on any atom is -0.504 e. The molecule has 0 aliphatic carbocycles. The van der Waals surface area contributed by atoms with Crippen LogP contribution in [0.2, 0.25) is 0 Å². The first-order valence-corrected chi connectivity index (χ1v) is 17.0. The summed E-state index contributed by atoms with van der Waals surface area (Å²) in [6.45, 7) is -0.830. The van der Waals surface area contributed by atoms with Gasteiger partial charge in [0.25, 0.3) is 0 Å². The van der Waals surface area contributed by atoms with Crippen LogP contribution in [0.25, 0.3) is 6.08 Å². The molecule has 0 amide bonds. The fourth-order valence-electron chi connectivity index (χ4n) is 6.00. The van der Waals surface area contributed by atoms with Gasteiger partial charge in [-0.25, -0.2) is 4.79 Å². The first-order chi connectivity index (χ1) is 25.6. The Morgan fingerprint density at radius 1 is 0.870 bits per heavy atom. The van der Waals surface area contributed by atoms with Crippen LogP contribution < -0.4 is 4.74 Å². The number of carbonyl (C=O) groups is 1.